The summed E-state index contributed by atoms with van der Waals surface area (Å²) in [4.78, 5) is 6.41. The van der Waals surface area contributed by atoms with Gasteiger partial charge in [0.2, 0.25) is 0 Å². The molecule has 0 aliphatic carbocycles. The largest absolute Gasteiger partial charge is 0.394 e. The quantitative estimate of drug-likeness (QED) is 0.492. The predicted molar refractivity (Wildman–Crippen MR) is 126 cm³/mol. The van der Waals surface area contributed by atoms with Crippen molar-refractivity contribution < 1.29 is 19.3 Å². The van der Waals surface area contributed by atoms with Crippen LogP contribution in [-0.4, -0.2) is 71.2 Å². The Bertz CT molecular complexity index is 731. The number of ether oxygens (including phenoxy) is 1. The van der Waals surface area contributed by atoms with E-state index < -0.39 is 12.2 Å². The van der Waals surface area contributed by atoms with Gasteiger partial charge in [-0.05, 0) is 36.9 Å². The van der Waals surface area contributed by atoms with E-state index in [9.17, 15) is 14.6 Å². The van der Waals surface area contributed by atoms with Crippen molar-refractivity contribution in [1.29, 1.82) is 0 Å². The lowest BCUT2D eigenvalue weighted by molar-refractivity contribution is -0.0213. The molecule has 31 heavy (non-hydrogen) atoms. The van der Waals surface area contributed by atoms with Gasteiger partial charge >= 0.3 is 0 Å². The predicted octanol–water partition coefficient (Wildman–Crippen LogP) is 2.24. The summed E-state index contributed by atoms with van der Waals surface area (Å²) < 4.78 is 18.9. The molecule has 0 amide bonds. The third-order valence-electron chi connectivity index (χ3n) is 5.18. The van der Waals surface area contributed by atoms with Crippen LogP contribution in [0.15, 0.2) is 48.7 Å². The molecule has 1 aliphatic heterocycles. The molecule has 1 saturated heterocycles. The van der Waals surface area contributed by atoms with Crippen molar-refractivity contribution in [2.45, 2.75) is 37.3 Å². The van der Waals surface area contributed by atoms with E-state index in [4.69, 9.17) is 4.74 Å². The van der Waals surface area contributed by atoms with Crippen LogP contribution in [0.1, 0.15) is 11.3 Å². The van der Waals surface area contributed by atoms with Crippen LogP contribution in [0, 0.1) is 5.82 Å². The molecular formula is C21H31Cl3FN3O3. The highest BCUT2D eigenvalue weighted by molar-refractivity contribution is 5.86. The average molecular weight is 499 g/mol. The fourth-order valence-electron chi connectivity index (χ4n) is 3.64. The monoisotopic (exact) mass is 497 g/mol. The van der Waals surface area contributed by atoms with Crippen molar-refractivity contribution in [1.82, 2.24) is 15.2 Å². The molecule has 0 spiro atoms. The number of hydrogen-bond acceptors (Lipinski definition) is 6. The summed E-state index contributed by atoms with van der Waals surface area (Å²) >= 11 is 0. The zero-order chi connectivity index (χ0) is 19.9. The topological polar surface area (TPSA) is 77.9 Å². The molecule has 0 unspecified atom stereocenters. The zero-order valence-corrected chi connectivity index (χ0v) is 19.7. The van der Waals surface area contributed by atoms with Crippen LogP contribution in [0.3, 0.4) is 0 Å². The Balaban J connectivity index is 0.00000300. The Morgan fingerprint density at radius 1 is 1.10 bits per heavy atom. The van der Waals surface area contributed by atoms with E-state index in [2.05, 4.69) is 15.2 Å². The minimum atomic E-state index is -0.767. The Hall–Kier alpha value is -1.03. The molecule has 3 rings (SSSR count). The van der Waals surface area contributed by atoms with Gasteiger partial charge in [-0.2, -0.15) is 0 Å². The number of nitrogens with zero attached hydrogens (tertiary/aromatic N) is 2. The molecule has 1 aromatic carbocycles. The summed E-state index contributed by atoms with van der Waals surface area (Å²) in [5, 5.41) is 23.5. The van der Waals surface area contributed by atoms with Crippen molar-refractivity contribution >= 4 is 37.2 Å². The van der Waals surface area contributed by atoms with Gasteiger partial charge in [0.05, 0.1) is 18.8 Å². The first-order chi connectivity index (χ1) is 13.6. The molecule has 4 atom stereocenters. The van der Waals surface area contributed by atoms with E-state index in [1.54, 1.807) is 18.3 Å². The number of nitrogens with one attached hydrogen (secondary N) is 1. The Morgan fingerprint density at radius 3 is 2.42 bits per heavy atom. The first-order valence-electron chi connectivity index (χ1n) is 9.58. The molecule has 0 radical (unpaired) electrons. The highest BCUT2D eigenvalue weighted by atomic mass is 35.5. The standard InChI is InChI=1S/C21H28FN3O3.3ClH/c1-25(11-9-17-4-2-3-10-24-17)20-18(28-19(14-26)21(20)27)13-23-12-15-5-7-16(22)8-6-15;;;/h2-8,10,18-21,23,26-27H,9,11-14H2,1H3;3*1H/t18-,19+,20+,21-;;;/m1.../s1. The number of benzene rings is 1. The van der Waals surface area contributed by atoms with Crippen LogP contribution in [0.25, 0.3) is 0 Å². The van der Waals surface area contributed by atoms with Gasteiger partial charge in [-0.15, -0.1) is 37.2 Å². The maximum Gasteiger partial charge on any atom is 0.123 e. The first kappa shape index (κ1) is 30.0. The molecule has 1 aliphatic rings. The normalized spacial score (nSPS) is 22.4. The van der Waals surface area contributed by atoms with Crippen LogP contribution in [0.5, 0.6) is 0 Å². The second-order valence-electron chi connectivity index (χ2n) is 7.19. The second-order valence-corrected chi connectivity index (χ2v) is 7.19. The number of aliphatic hydroxyl groups is 2. The number of pyridine rings is 1. The second kappa shape index (κ2) is 14.9. The minimum absolute atomic E-state index is 0. The summed E-state index contributed by atoms with van der Waals surface area (Å²) in [7, 11) is 1.95. The van der Waals surface area contributed by atoms with Crippen LogP contribution < -0.4 is 5.32 Å². The summed E-state index contributed by atoms with van der Waals surface area (Å²) in [6.07, 6.45) is 0.907. The third-order valence-corrected chi connectivity index (χ3v) is 5.18. The first-order valence-corrected chi connectivity index (χ1v) is 9.58. The Morgan fingerprint density at radius 2 is 1.81 bits per heavy atom. The van der Waals surface area contributed by atoms with E-state index >= 15 is 0 Å². The number of halogens is 4. The molecule has 6 nitrogen and oxygen atoms in total. The molecule has 176 valence electrons. The van der Waals surface area contributed by atoms with E-state index in [0.717, 1.165) is 17.7 Å². The molecule has 3 N–H and O–H groups in total. The highest BCUT2D eigenvalue weighted by Crippen LogP contribution is 2.25. The van der Waals surface area contributed by atoms with Crippen molar-refractivity contribution in [2.24, 2.45) is 0 Å². The van der Waals surface area contributed by atoms with Gasteiger partial charge < -0.3 is 20.3 Å². The van der Waals surface area contributed by atoms with Gasteiger partial charge in [0.1, 0.15) is 18.0 Å². The van der Waals surface area contributed by atoms with Crippen molar-refractivity contribution in [3.63, 3.8) is 0 Å². The third kappa shape index (κ3) is 8.44. The zero-order valence-electron chi connectivity index (χ0n) is 17.3. The number of hydrogen-bond donors (Lipinski definition) is 3. The summed E-state index contributed by atoms with van der Waals surface area (Å²) in [5.74, 6) is -0.258. The van der Waals surface area contributed by atoms with Gasteiger partial charge in [0.25, 0.3) is 0 Å². The van der Waals surface area contributed by atoms with Crippen LogP contribution in [0.2, 0.25) is 0 Å². The number of aromatic nitrogens is 1. The molecule has 1 aromatic heterocycles. The lowest BCUT2D eigenvalue weighted by Gasteiger charge is -2.30. The summed E-state index contributed by atoms with van der Waals surface area (Å²) in [5.41, 5.74) is 1.96. The molecule has 0 saturated carbocycles. The maximum atomic E-state index is 13.0. The summed E-state index contributed by atoms with van der Waals surface area (Å²) in [6.45, 7) is 1.59. The van der Waals surface area contributed by atoms with Crippen LogP contribution in [-0.2, 0) is 17.7 Å². The molecular weight excluding hydrogens is 468 g/mol. The van der Waals surface area contributed by atoms with E-state index in [1.165, 1.54) is 12.1 Å². The highest BCUT2D eigenvalue weighted by Gasteiger charge is 2.44. The van der Waals surface area contributed by atoms with Crippen molar-refractivity contribution in [3.05, 3.63) is 65.7 Å². The van der Waals surface area contributed by atoms with Gasteiger partial charge in [-0.25, -0.2) is 4.39 Å². The van der Waals surface area contributed by atoms with E-state index in [0.29, 0.717) is 19.6 Å². The minimum Gasteiger partial charge on any atom is -0.394 e. The number of aliphatic hydroxyl groups excluding tert-OH is 2. The van der Waals surface area contributed by atoms with Crippen LogP contribution >= 0.6 is 37.2 Å². The SMILES string of the molecule is CN(CCc1ccccn1)[C@@H]1[C@H](O)[C@H](CO)O[C@@H]1CNCc1ccc(F)cc1.Cl.Cl.Cl. The Labute approximate surface area is 201 Å². The average Bonchev–Trinajstić information content (AvgIpc) is 3.04. The van der Waals surface area contributed by atoms with E-state index in [1.807, 2.05) is 25.2 Å². The molecule has 2 heterocycles. The molecule has 0 bridgehead atoms. The van der Waals surface area contributed by atoms with Crippen molar-refractivity contribution in [2.75, 3.05) is 26.7 Å². The van der Waals surface area contributed by atoms with Crippen molar-refractivity contribution in [3.8, 4) is 0 Å². The lowest BCUT2D eigenvalue weighted by atomic mass is 10.0. The van der Waals surface area contributed by atoms with Gasteiger partial charge in [0, 0.05) is 37.9 Å². The molecule has 10 heteroatoms. The van der Waals surface area contributed by atoms with Crippen LogP contribution in [0.4, 0.5) is 4.39 Å². The molecule has 2 aromatic rings. The van der Waals surface area contributed by atoms with E-state index in [-0.39, 0.29) is 61.8 Å². The van der Waals surface area contributed by atoms with Gasteiger partial charge in [-0.1, -0.05) is 18.2 Å². The number of rotatable bonds is 9. The lowest BCUT2D eigenvalue weighted by Crippen LogP contribution is -2.49. The smallest absolute Gasteiger partial charge is 0.123 e. The van der Waals surface area contributed by atoms with Gasteiger partial charge in [0.15, 0.2) is 0 Å². The fourth-order valence-corrected chi connectivity index (χ4v) is 3.64. The Kier molecular flexibility index (Phi) is 14.4. The van der Waals surface area contributed by atoms with Gasteiger partial charge in [-0.3, -0.25) is 9.88 Å². The summed E-state index contributed by atoms with van der Waals surface area (Å²) in [6, 6.07) is 11.9. The fraction of sp³-hybridized carbons (Fsp3) is 0.476. The number of likely N-dealkylation sites (N-methyl/N-ethyl adjacent to an activating group) is 1. The maximum absolute atomic E-state index is 13.0. The molecule has 1 fully saturated rings.